The van der Waals surface area contributed by atoms with E-state index in [0.717, 1.165) is 15.4 Å². The van der Waals surface area contributed by atoms with Crippen molar-refractivity contribution in [3.63, 3.8) is 0 Å². The molecule has 1 atom stereocenters. The van der Waals surface area contributed by atoms with Gasteiger partial charge in [0.25, 0.3) is 0 Å². The molecule has 0 aromatic heterocycles. The number of nitrogens with zero attached hydrogens (tertiary/aromatic N) is 1. The topological polar surface area (TPSA) is 87.5 Å². The third-order valence-electron chi connectivity index (χ3n) is 4.71. The minimum absolute atomic E-state index is 0.417. The van der Waals surface area contributed by atoms with Gasteiger partial charge in [-0.3, -0.25) is 4.79 Å². The number of amides is 3. The highest BCUT2D eigenvalue weighted by atomic mass is 35.6. The van der Waals surface area contributed by atoms with Gasteiger partial charge in [-0.15, -0.1) is 0 Å². The van der Waals surface area contributed by atoms with E-state index in [1.54, 1.807) is 24.3 Å². The minimum atomic E-state index is -2.08. The van der Waals surface area contributed by atoms with Crippen molar-refractivity contribution in [2.24, 2.45) is 0 Å². The first kappa shape index (κ1) is 25.1. The van der Waals surface area contributed by atoms with Gasteiger partial charge in [-0.05, 0) is 29.3 Å². The van der Waals surface area contributed by atoms with E-state index in [0.29, 0.717) is 11.4 Å². The second kappa shape index (κ2) is 11.0. The number of hydrogen-bond acceptors (Lipinski definition) is 4. The molecule has 0 bridgehead atoms. The monoisotopic (exact) mass is 522 g/mol. The molecule has 0 aliphatic heterocycles. The number of halogens is 3. The Kier molecular flexibility index (Phi) is 8.37. The van der Waals surface area contributed by atoms with E-state index in [4.69, 9.17) is 40.5 Å². The normalized spacial score (nSPS) is 12.2. The zero-order chi connectivity index (χ0) is 24.0. The smallest absolute Gasteiger partial charge is 0.333 e. The van der Waals surface area contributed by atoms with Gasteiger partial charge in [0.2, 0.25) is 9.70 Å². The fraction of sp³-hybridized carbons (Fsp3) is 0.130. The summed E-state index contributed by atoms with van der Waals surface area (Å²) in [7, 11) is 0. The maximum Gasteiger partial charge on any atom is 0.333 e. The van der Waals surface area contributed by atoms with Crippen LogP contribution in [0.2, 0.25) is 0 Å². The summed E-state index contributed by atoms with van der Waals surface area (Å²) in [6.45, 7) is 0. The summed E-state index contributed by atoms with van der Waals surface area (Å²) < 4.78 is -1.26. The van der Waals surface area contributed by atoms with Gasteiger partial charge in [-0.1, -0.05) is 114 Å². The molecule has 4 N–H and O–H groups in total. The van der Waals surface area contributed by atoms with Crippen LogP contribution in [0.15, 0.2) is 84.9 Å². The van der Waals surface area contributed by atoms with Gasteiger partial charge in [-0.2, -0.15) is 0 Å². The van der Waals surface area contributed by atoms with Gasteiger partial charge in [-0.25, -0.2) is 9.10 Å². The molecule has 0 saturated carbocycles. The van der Waals surface area contributed by atoms with Gasteiger partial charge in [0.15, 0.2) is 6.17 Å². The maximum atomic E-state index is 13.4. The van der Waals surface area contributed by atoms with E-state index in [2.05, 4.69) is 23.4 Å². The molecule has 3 rings (SSSR count). The Hall–Kier alpha value is -2.58. The van der Waals surface area contributed by atoms with E-state index in [1.807, 2.05) is 60.7 Å². The number of carbonyl (C=O) groups is 2. The summed E-state index contributed by atoms with van der Waals surface area (Å²) in [5.41, 5.74) is 8.09. The summed E-state index contributed by atoms with van der Waals surface area (Å²) in [5.74, 6) is -1.18. The van der Waals surface area contributed by atoms with E-state index < -0.39 is 27.8 Å². The first-order valence-corrected chi connectivity index (χ1v) is 11.3. The number of nitrogens with one attached hydrogen (secondary N) is 2. The van der Waals surface area contributed by atoms with Crippen LogP contribution in [0.1, 0.15) is 17.0 Å². The van der Waals surface area contributed by atoms with Crippen molar-refractivity contribution in [3.8, 4) is 0 Å². The number of hydrogen-bond donors (Lipinski definition) is 4. The van der Waals surface area contributed by atoms with Crippen LogP contribution >= 0.6 is 47.6 Å². The first-order chi connectivity index (χ1) is 15.7. The summed E-state index contributed by atoms with van der Waals surface area (Å²) in [6.07, 6.45) is -1.39. The highest BCUT2D eigenvalue weighted by Gasteiger charge is 2.41. The highest BCUT2D eigenvalue weighted by molar-refractivity contribution is 7.78. The molecule has 0 fully saturated rings. The lowest BCUT2D eigenvalue weighted by molar-refractivity contribution is -0.122. The number of thiol groups is 1. The number of carbonyl (C=O) groups excluding carboxylic acids is 2. The number of benzene rings is 3. The van der Waals surface area contributed by atoms with Gasteiger partial charge >= 0.3 is 6.03 Å². The predicted octanol–water partition coefficient (Wildman–Crippen LogP) is 5.59. The first-order valence-electron chi connectivity index (χ1n) is 9.78. The Bertz CT molecular complexity index is 1060. The summed E-state index contributed by atoms with van der Waals surface area (Å²) in [4.78, 5) is 26.2. The number of rotatable bonds is 6. The summed E-state index contributed by atoms with van der Waals surface area (Å²) >= 11 is 22.6. The van der Waals surface area contributed by atoms with Gasteiger partial charge < -0.3 is 16.4 Å². The lowest BCUT2D eigenvalue weighted by atomic mass is 9.90. The fourth-order valence-corrected chi connectivity index (χ4v) is 4.14. The van der Waals surface area contributed by atoms with Crippen molar-refractivity contribution < 1.29 is 9.59 Å². The van der Waals surface area contributed by atoms with Crippen LogP contribution in [0.4, 0.5) is 16.2 Å². The number of urea groups is 1. The number of nitrogens with two attached hydrogens (primary N) is 1. The predicted molar refractivity (Wildman–Crippen MR) is 138 cm³/mol. The third kappa shape index (κ3) is 6.71. The number of nitrogen functional groups attached to an aromatic ring is 1. The Labute approximate surface area is 212 Å². The van der Waals surface area contributed by atoms with E-state index in [1.165, 1.54) is 0 Å². The van der Waals surface area contributed by atoms with Gasteiger partial charge in [0.1, 0.15) is 0 Å². The van der Waals surface area contributed by atoms with Crippen molar-refractivity contribution >= 4 is 70.9 Å². The van der Waals surface area contributed by atoms with Crippen LogP contribution in [-0.2, 0) is 4.79 Å². The van der Waals surface area contributed by atoms with Crippen LogP contribution in [-0.4, -0.2) is 26.2 Å². The SMILES string of the molecule is Nc1cccc(NC(=O)N(S)C(NC(=O)C(c2ccccc2)c2ccccc2)C(Cl)(Cl)Cl)c1. The van der Waals surface area contributed by atoms with E-state index in [-0.39, 0.29) is 0 Å². The summed E-state index contributed by atoms with van der Waals surface area (Å²) in [5, 5.41) is 5.27. The molecule has 10 heteroatoms. The molecular weight excluding hydrogens is 503 g/mol. The lowest BCUT2D eigenvalue weighted by Crippen LogP contribution is -2.55. The molecule has 3 aromatic rings. The second-order valence-corrected chi connectivity index (χ2v) is 9.91. The molecule has 0 spiro atoms. The average Bonchev–Trinajstić information content (AvgIpc) is 2.78. The molecule has 1 unspecified atom stereocenters. The lowest BCUT2D eigenvalue weighted by Gasteiger charge is -2.33. The van der Waals surface area contributed by atoms with Crippen molar-refractivity contribution in [1.29, 1.82) is 0 Å². The van der Waals surface area contributed by atoms with Crippen LogP contribution in [0, 0.1) is 0 Å². The Morgan fingerprint density at radius 1 is 0.879 bits per heavy atom. The average molecular weight is 524 g/mol. The molecule has 3 amide bonds. The second-order valence-electron chi connectivity index (χ2n) is 7.11. The van der Waals surface area contributed by atoms with Crippen molar-refractivity contribution in [2.75, 3.05) is 11.1 Å². The molecule has 33 heavy (non-hydrogen) atoms. The molecule has 0 radical (unpaired) electrons. The molecule has 3 aromatic carbocycles. The zero-order valence-electron chi connectivity index (χ0n) is 17.2. The Morgan fingerprint density at radius 2 is 1.42 bits per heavy atom. The van der Waals surface area contributed by atoms with Crippen LogP contribution in [0.3, 0.4) is 0 Å². The highest BCUT2D eigenvalue weighted by Crippen LogP contribution is 2.34. The Morgan fingerprint density at radius 3 is 1.91 bits per heavy atom. The van der Waals surface area contributed by atoms with Crippen molar-refractivity contribution in [1.82, 2.24) is 9.62 Å². The number of anilines is 2. The van der Waals surface area contributed by atoms with E-state index >= 15 is 0 Å². The quantitative estimate of drug-likeness (QED) is 0.147. The standard InChI is InChI=1S/C23H21Cl3N4O2S/c24-23(25,26)21(30(33)22(32)28-18-13-7-12-17(27)14-18)29-20(31)19(15-8-3-1-4-9-15)16-10-5-2-6-11-16/h1-14,19,21,33H,27H2,(H,28,32)(H,29,31). The number of alkyl halides is 3. The maximum absolute atomic E-state index is 13.4. The Balaban J connectivity index is 1.86. The minimum Gasteiger partial charge on any atom is -0.399 e. The summed E-state index contributed by atoms with van der Waals surface area (Å²) in [6, 6.07) is 24.1. The van der Waals surface area contributed by atoms with Crippen LogP contribution in [0.25, 0.3) is 0 Å². The third-order valence-corrected chi connectivity index (χ3v) is 5.74. The zero-order valence-corrected chi connectivity index (χ0v) is 20.3. The molecule has 0 aliphatic carbocycles. The molecule has 172 valence electrons. The van der Waals surface area contributed by atoms with E-state index in [9.17, 15) is 9.59 Å². The largest absolute Gasteiger partial charge is 0.399 e. The molecule has 0 saturated heterocycles. The van der Waals surface area contributed by atoms with Gasteiger partial charge in [0, 0.05) is 11.4 Å². The van der Waals surface area contributed by atoms with Crippen molar-refractivity contribution in [3.05, 3.63) is 96.1 Å². The molecule has 6 nitrogen and oxygen atoms in total. The van der Waals surface area contributed by atoms with Crippen LogP contribution in [0.5, 0.6) is 0 Å². The molecule has 0 heterocycles. The molecular formula is C23H21Cl3N4O2S. The van der Waals surface area contributed by atoms with Crippen molar-refractivity contribution in [2.45, 2.75) is 15.9 Å². The van der Waals surface area contributed by atoms with Crippen LogP contribution < -0.4 is 16.4 Å². The molecule has 0 aliphatic rings. The van der Waals surface area contributed by atoms with Gasteiger partial charge in [0.05, 0.1) is 5.92 Å². The fourth-order valence-electron chi connectivity index (χ4n) is 3.20.